The fourth-order valence-corrected chi connectivity index (χ4v) is 3.31. The van der Waals surface area contributed by atoms with Crippen LogP contribution in [0.4, 0.5) is 0 Å². The number of hydrogen-bond acceptors (Lipinski definition) is 0. The number of unbranched alkanes of at least 4 members (excludes halogenated alkanes) is 11. The molecule has 0 N–H and O–H groups in total. The van der Waals surface area contributed by atoms with Gasteiger partial charge in [-0.15, -0.1) is 0 Å². The van der Waals surface area contributed by atoms with Crippen molar-refractivity contribution in [3.63, 3.8) is 0 Å². The third kappa shape index (κ3) is 10.7. The van der Waals surface area contributed by atoms with Gasteiger partial charge in [0, 0.05) is 0 Å². The molecule has 0 radical (unpaired) electrons. The number of benzene rings is 1. The fraction of sp³-hybridized carbons (Fsp3) is 0.667. The monoisotopic (exact) mass is 328 g/mol. The zero-order valence-electron chi connectivity index (χ0n) is 16.4. The molecule has 0 atom stereocenters. The number of rotatable bonds is 15. The van der Waals surface area contributed by atoms with Gasteiger partial charge in [-0.3, -0.25) is 0 Å². The Labute approximate surface area is 151 Å². The minimum absolute atomic E-state index is 1.26. The molecule has 0 heteroatoms. The molecule has 1 rings (SSSR count). The van der Waals surface area contributed by atoms with Crippen LogP contribution in [0.2, 0.25) is 0 Å². The largest absolute Gasteiger partial charge is 0.0807 e. The van der Waals surface area contributed by atoms with E-state index in [1.807, 2.05) is 0 Å². The minimum atomic E-state index is 1.26. The molecular formula is C24H40. The maximum atomic E-state index is 2.53. The van der Waals surface area contributed by atoms with Gasteiger partial charge in [-0.2, -0.15) is 0 Å². The first-order valence-electron chi connectivity index (χ1n) is 10.6. The third-order valence-corrected chi connectivity index (χ3v) is 4.89. The van der Waals surface area contributed by atoms with E-state index < -0.39 is 0 Å². The smallest absolute Gasteiger partial charge is 0.0228 e. The van der Waals surface area contributed by atoms with Gasteiger partial charge in [-0.05, 0) is 36.8 Å². The molecule has 0 spiro atoms. The van der Waals surface area contributed by atoms with E-state index in [0.29, 0.717) is 0 Å². The quantitative estimate of drug-likeness (QED) is 0.283. The van der Waals surface area contributed by atoms with Crippen molar-refractivity contribution in [3.8, 4) is 0 Å². The fourth-order valence-electron chi connectivity index (χ4n) is 3.31. The Bertz CT molecular complexity index is 401. The minimum Gasteiger partial charge on any atom is -0.0807 e. The van der Waals surface area contributed by atoms with E-state index in [4.69, 9.17) is 0 Å². The van der Waals surface area contributed by atoms with Crippen molar-refractivity contribution < 1.29 is 0 Å². The Hall–Kier alpha value is -1.04. The van der Waals surface area contributed by atoms with E-state index in [-0.39, 0.29) is 0 Å². The normalized spacial score (nSPS) is 11.8. The first kappa shape index (κ1) is 21.0. The second kappa shape index (κ2) is 15.5. The molecule has 1 aromatic carbocycles. The molecule has 0 saturated heterocycles. The molecule has 0 bridgehead atoms. The molecule has 0 nitrogen and oxygen atoms in total. The lowest BCUT2D eigenvalue weighted by Crippen LogP contribution is -1.87. The SMILES string of the molecule is CCCCCCCCC=C(CCCCCCCC)c1ccccc1. The molecule has 0 aliphatic carbocycles. The highest BCUT2D eigenvalue weighted by atomic mass is 14.1. The summed E-state index contributed by atoms with van der Waals surface area (Å²) < 4.78 is 0. The Kier molecular flexibility index (Phi) is 13.6. The van der Waals surface area contributed by atoms with E-state index in [2.05, 4.69) is 50.3 Å². The van der Waals surface area contributed by atoms with Crippen molar-refractivity contribution >= 4 is 5.57 Å². The molecule has 0 aliphatic rings. The number of allylic oxidation sites excluding steroid dienone is 2. The molecule has 0 aliphatic heterocycles. The van der Waals surface area contributed by atoms with Crippen LogP contribution < -0.4 is 0 Å². The lowest BCUT2D eigenvalue weighted by atomic mass is 9.97. The van der Waals surface area contributed by atoms with Crippen LogP contribution in [-0.2, 0) is 0 Å². The standard InChI is InChI=1S/C24H40/c1-3-5-7-9-11-13-16-20-23(24-21-17-14-18-22-24)19-15-12-10-8-6-4-2/h14,17-18,20-22H,3-13,15-16,19H2,1-2H3. The summed E-state index contributed by atoms with van der Waals surface area (Å²) in [5, 5.41) is 0. The van der Waals surface area contributed by atoms with Crippen LogP contribution in [-0.4, -0.2) is 0 Å². The van der Waals surface area contributed by atoms with Crippen molar-refractivity contribution in [2.45, 2.75) is 104 Å². The van der Waals surface area contributed by atoms with Gasteiger partial charge >= 0.3 is 0 Å². The summed E-state index contributed by atoms with van der Waals surface area (Å²) in [6.45, 7) is 4.58. The first-order chi connectivity index (χ1) is 11.9. The van der Waals surface area contributed by atoms with E-state index in [1.165, 1.54) is 95.5 Å². The van der Waals surface area contributed by atoms with E-state index in [9.17, 15) is 0 Å². The van der Waals surface area contributed by atoms with Crippen molar-refractivity contribution in [2.75, 3.05) is 0 Å². The molecule has 0 heterocycles. The van der Waals surface area contributed by atoms with Gasteiger partial charge in [-0.1, -0.05) is 114 Å². The average molecular weight is 329 g/mol. The molecule has 0 unspecified atom stereocenters. The van der Waals surface area contributed by atoms with Crippen LogP contribution in [0.3, 0.4) is 0 Å². The maximum absolute atomic E-state index is 2.53. The predicted molar refractivity (Wildman–Crippen MR) is 110 cm³/mol. The van der Waals surface area contributed by atoms with Gasteiger partial charge in [0.25, 0.3) is 0 Å². The summed E-state index contributed by atoms with van der Waals surface area (Å²) in [5.41, 5.74) is 3.02. The summed E-state index contributed by atoms with van der Waals surface area (Å²) in [6.07, 6.45) is 21.7. The molecule has 0 amide bonds. The Morgan fingerprint density at radius 2 is 1.21 bits per heavy atom. The highest BCUT2D eigenvalue weighted by Crippen LogP contribution is 2.23. The van der Waals surface area contributed by atoms with Gasteiger partial charge in [-0.25, -0.2) is 0 Å². The van der Waals surface area contributed by atoms with Gasteiger partial charge in [0.15, 0.2) is 0 Å². The zero-order valence-corrected chi connectivity index (χ0v) is 16.4. The molecule has 0 aromatic heterocycles. The van der Waals surface area contributed by atoms with Crippen LogP contribution in [0.5, 0.6) is 0 Å². The van der Waals surface area contributed by atoms with E-state index >= 15 is 0 Å². The van der Waals surface area contributed by atoms with Crippen molar-refractivity contribution in [1.29, 1.82) is 0 Å². The molecule has 0 saturated carbocycles. The summed E-state index contributed by atoms with van der Waals surface area (Å²) in [5.74, 6) is 0. The highest BCUT2D eigenvalue weighted by Gasteiger charge is 2.01. The van der Waals surface area contributed by atoms with Crippen LogP contribution in [0.15, 0.2) is 36.4 Å². The molecular weight excluding hydrogens is 288 g/mol. The molecule has 0 fully saturated rings. The van der Waals surface area contributed by atoms with Gasteiger partial charge in [0.05, 0.1) is 0 Å². The summed E-state index contributed by atoms with van der Waals surface area (Å²) in [6, 6.07) is 11.0. The van der Waals surface area contributed by atoms with Crippen molar-refractivity contribution in [2.24, 2.45) is 0 Å². The van der Waals surface area contributed by atoms with Crippen LogP contribution >= 0.6 is 0 Å². The molecule has 136 valence electrons. The van der Waals surface area contributed by atoms with Gasteiger partial charge in [0.1, 0.15) is 0 Å². The summed E-state index contributed by atoms with van der Waals surface area (Å²) in [4.78, 5) is 0. The lowest BCUT2D eigenvalue weighted by Gasteiger charge is -2.09. The third-order valence-electron chi connectivity index (χ3n) is 4.89. The first-order valence-corrected chi connectivity index (χ1v) is 10.6. The van der Waals surface area contributed by atoms with Crippen molar-refractivity contribution in [3.05, 3.63) is 42.0 Å². The topological polar surface area (TPSA) is 0 Å². The second-order valence-corrected chi connectivity index (χ2v) is 7.17. The predicted octanol–water partition coefficient (Wildman–Crippen LogP) is 8.57. The Morgan fingerprint density at radius 3 is 1.83 bits per heavy atom. The van der Waals surface area contributed by atoms with Crippen LogP contribution in [0.25, 0.3) is 5.57 Å². The zero-order chi connectivity index (χ0) is 17.3. The molecule has 24 heavy (non-hydrogen) atoms. The van der Waals surface area contributed by atoms with E-state index in [1.54, 1.807) is 5.57 Å². The maximum Gasteiger partial charge on any atom is -0.0228 e. The van der Waals surface area contributed by atoms with Gasteiger partial charge < -0.3 is 0 Å². The highest BCUT2D eigenvalue weighted by molar-refractivity contribution is 5.65. The second-order valence-electron chi connectivity index (χ2n) is 7.17. The Balaban J connectivity index is 2.34. The van der Waals surface area contributed by atoms with Crippen LogP contribution in [0.1, 0.15) is 109 Å². The van der Waals surface area contributed by atoms with Crippen LogP contribution in [0, 0.1) is 0 Å². The average Bonchev–Trinajstić information content (AvgIpc) is 2.62. The Morgan fingerprint density at radius 1 is 0.667 bits per heavy atom. The van der Waals surface area contributed by atoms with Crippen molar-refractivity contribution in [1.82, 2.24) is 0 Å². The molecule has 1 aromatic rings. The van der Waals surface area contributed by atoms with E-state index in [0.717, 1.165) is 0 Å². The summed E-state index contributed by atoms with van der Waals surface area (Å²) in [7, 11) is 0. The number of hydrogen-bond donors (Lipinski definition) is 0. The van der Waals surface area contributed by atoms with Gasteiger partial charge in [0.2, 0.25) is 0 Å². The lowest BCUT2D eigenvalue weighted by molar-refractivity contribution is 0.608. The summed E-state index contributed by atoms with van der Waals surface area (Å²) >= 11 is 0.